The summed E-state index contributed by atoms with van der Waals surface area (Å²) in [5, 5.41) is 0. The van der Waals surface area contributed by atoms with Crippen LogP contribution in [0, 0.1) is 0 Å². The Hall–Kier alpha value is -0.260. The number of hydrogen-bond donors (Lipinski definition) is 3. The van der Waals surface area contributed by atoms with Crippen molar-refractivity contribution in [1.29, 1.82) is 0 Å². The minimum Gasteiger partial charge on any atom is -0.302 e. The summed E-state index contributed by atoms with van der Waals surface area (Å²) in [5.74, 6) is 0. The zero-order chi connectivity index (χ0) is 17.2. The third-order valence-electron chi connectivity index (χ3n) is 2.84. The number of hydrogen-bond acceptors (Lipinski definition) is 4. The fraction of sp³-hybridized carbons (Fsp3) is 0.692. The summed E-state index contributed by atoms with van der Waals surface area (Å²) in [6, 6.07) is 0. The van der Waals surface area contributed by atoms with Crippen molar-refractivity contribution in [3.63, 3.8) is 0 Å². The monoisotopic (exact) mass is 356 g/mol. The van der Waals surface area contributed by atoms with Gasteiger partial charge in [-0.3, -0.25) is 4.52 Å². The van der Waals surface area contributed by atoms with Crippen molar-refractivity contribution < 1.29 is 32.6 Å². The molecule has 0 aromatic rings. The lowest BCUT2D eigenvalue weighted by molar-refractivity contribution is 0.191. The summed E-state index contributed by atoms with van der Waals surface area (Å²) in [5.41, 5.74) is 2.30. The summed E-state index contributed by atoms with van der Waals surface area (Å²) in [4.78, 5) is 26.0. The fourth-order valence-electron chi connectivity index (χ4n) is 1.64. The lowest BCUT2D eigenvalue weighted by atomic mass is 10.1. The maximum absolute atomic E-state index is 11.2. The van der Waals surface area contributed by atoms with Crippen molar-refractivity contribution in [3.05, 3.63) is 23.3 Å². The molecule has 0 rings (SSSR count). The molecule has 0 radical (unpaired) electrons. The molecule has 0 heterocycles. The normalized spacial score (nSPS) is 16.6. The predicted octanol–water partition coefficient (Wildman–Crippen LogP) is 4.08. The van der Waals surface area contributed by atoms with Gasteiger partial charge in [-0.1, -0.05) is 36.6 Å². The molecule has 0 aromatic heterocycles. The molecule has 1 unspecified atom stereocenters. The van der Waals surface area contributed by atoms with Crippen molar-refractivity contribution in [2.24, 2.45) is 0 Å². The van der Waals surface area contributed by atoms with Crippen LogP contribution in [0.5, 0.6) is 0 Å². The first-order valence-electron chi connectivity index (χ1n) is 7.11. The molecule has 22 heavy (non-hydrogen) atoms. The van der Waals surface area contributed by atoms with E-state index in [1.54, 1.807) is 6.08 Å². The summed E-state index contributed by atoms with van der Waals surface area (Å²) in [7, 11) is -9.80. The molecule has 0 saturated heterocycles. The van der Waals surface area contributed by atoms with Crippen molar-refractivity contribution in [3.8, 4) is 0 Å². The Morgan fingerprint density at radius 2 is 1.64 bits per heavy atom. The zero-order valence-corrected chi connectivity index (χ0v) is 15.1. The van der Waals surface area contributed by atoms with Crippen molar-refractivity contribution in [2.45, 2.75) is 52.9 Å². The molecule has 1 atom stereocenters. The minimum atomic E-state index is -5.06. The average Bonchev–Trinajstić information content (AvgIpc) is 2.33. The van der Waals surface area contributed by atoms with Crippen molar-refractivity contribution >= 4 is 15.6 Å². The van der Waals surface area contributed by atoms with E-state index in [1.807, 2.05) is 6.92 Å². The molecule has 0 saturated carbocycles. The third-order valence-corrected chi connectivity index (χ3v) is 4.99. The highest BCUT2D eigenvalue weighted by Crippen LogP contribution is 2.57. The summed E-state index contributed by atoms with van der Waals surface area (Å²) in [6.45, 7) is 5.85. The van der Waals surface area contributed by atoms with Gasteiger partial charge < -0.3 is 14.7 Å². The molecular weight excluding hydrogens is 330 g/mol. The molecule has 9 heteroatoms. The van der Waals surface area contributed by atoms with Crippen LogP contribution in [0.25, 0.3) is 0 Å². The van der Waals surface area contributed by atoms with E-state index in [-0.39, 0.29) is 6.61 Å². The summed E-state index contributed by atoms with van der Waals surface area (Å²) >= 11 is 0. The Morgan fingerprint density at radius 1 is 1.05 bits per heavy atom. The van der Waals surface area contributed by atoms with Crippen LogP contribution in [-0.4, -0.2) is 21.3 Å². The van der Waals surface area contributed by atoms with Gasteiger partial charge in [0.25, 0.3) is 0 Å². The summed E-state index contributed by atoms with van der Waals surface area (Å²) < 4.78 is 29.8. The molecule has 0 fully saturated rings. The van der Waals surface area contributed by atoms with E-state index in [1.165, 1.54) is 18.4 Å². The van der Waals surface area contributed by atoms with E-state index in [0.29, 0.717) is 0 Å². The number of unbranched alkanes of at least 4 members (excludes halogenated alkanes) is 1. The van der Waals surface area contributed by atoms with Gasteiger partial charge in [-0.05, 0) is 39.5 Å². The first-order chi connectivity index (χ1) is 10.1. The molecule has 0 aliphatic rings. The van der Waals surface area contributed by atoms with Gasteiger partial charge in [0.05, 0.1) is 6.61 Å². The average molecular weight is 356 g/mol. The molecule has 7 nitrogen and oxygen atoms in total. The van der Waals surface area contributed by atoms with E-state index in [4.69, 9.17) is 14.7 Å². The number of phosphoric ester groups is 1. The Labute approximate surface area is 131 Å². The largest absolute Gasteiger partial charge is 0.481 e. The zero-order valence-electron chi connectivity index (χ0n) is 13.3. The van der Waals surface area contributed by atoms with Crippen LogP contribution in [0.15, 0.2) is 23.3 Å². The molecule has 0 aliphatic carbocycles. The maximum atomic E-state index is 11.2. The second-order valence-corrected chi connectivity index (χ2v) is 7.91. The van der Waals surface area contributed by atoms with Gasteiger partial charge in [-0.15, -0.1) is 0 Å². The second-order valence-electron chi connectivity index (χ2n) is 5.08. The van der Waals surface area contributed by atoms with Gasteiger partial charge >= 0.3 is 15.6 Å². The van der Waals surface area contributed by atoms with E-state index in [9.17, 15) is 9.13 Å². The van der Waals surface area contributed by atoms with Crippen molar-refractivity contribution in [2.75, 3.05) is 6.61 Å². The molecule has 0 aliphatic heterocycles. The van der Waals surface area contributed by atoms with Gasteiger partial charge in [-0.2, -0.15) is 4.31 Å². The van der Waals surface area contributed by atoms with Crippen LogP contribution in [-0.2, 0) is 18.0 Å². The molecule has 0 aromatic carbocycles. The molecule has 3 N–H and O–H groups in total. The quantitative estimate of drug-likeness (QED) is 0.378. The predicted molar refractivity (Wildman–Crippen MR) is 85.2 cm³/mol. The molecule has 0 spiro atoms. The Morgan fingerprint density at radius 3 is 2.18 bits per heavy atom. The van der Waals surface area contributed by atoms with Crippen LogP contribution in [0.1, 0.15) is 52.9 Å². The van der Waals surface area contributed by atoms with Crippen LogP contribution < -0.4 is 0 Å². The first kappa shape index (κ1) is 21.7. The van der Waals surface area contributed by atoms with Gasteiger partial charge in [0.1, 0.15) is 0 Å². The first-order valence-corrected chi connectivity index (χ1v) is 10.1. The molecular formula is C13H26O7P2. The van der Waals surface area contributed by atoms with Crippen LogP contribution in [0.4, 0.5) is 0 Å². The Balaban J connectivity index is 4.14. The minimum absolute atomic E-state index is 0.252. The van der Waals surface area contributed by atoms with Gasteiger partial charge in [0.2, 0.25) is 0 Å². The number of rotatable bonds is 11. The Bertz CT molecular complexity index is 479. The molecule has 130 valence electrons. The summed E-state index contributed by atoms with van der Waals surface area (Å²) in [6.07, 6.45) is 8.84. The highest BCUT2D eigenvalue weighted by molar-refractivity contribution is 7.60. The smallest absolute Gasteiger partial charge is 0.302 e. The van der Waals surface area contributed by atoms with Crippen LogP contribution in [0.3, 0.4) is 0 Å². The van der Waals surface area contributed by atoms with Gasteiger partial charge in [0.15, 0.2) is 0 Å². The fourth-order valence-corrected chi connectivity index (χ4v) is 3.16. The SMILES string of the molecule is CCCC/C(C)=C/CC/C(C)=C/COP(=O)(O)OP(=O)(O)O. The topological polar surface area (TPSA) is 113 Å². The number of allylic oxidation sites excluding steroid dienone is 3. The highest BCUT2D eigenvalue weighted by Gasteiger charge is 2.31. The Kier molecular flexibility index (Phi) is 10.4. The van der Waals surface area contributed by atoms with Gasteiger partial charge in [0, 0.05) is 0 Å². The lowest BCUT2D eigenvalue weighted by Crippen LogP contribution is -1.94. The van der Waals surface area contributed by atoms with E-state index < -0.39 is 15.6 Å². The van der Waals surface area contributed by atoms with E-state index >= 15 is 0 Å². The second kappa shape index (κ2) is 10.5. The van der Waals surface area contributed by atoms with Crippen LogP contribution in [0.2, 0.25) is 0 Å². The molecule has 0 amide bonds. The highest BCUT2D eigenvalue weighted by atomic mass is 31.3. The molecule has 0 bridgehead atoms. The van der Waals surface area contributed by atoms with E-state index in [2.05, 4.69) is 28.8 Å². The lowest BCUT2D eigenvalue weighted by Gasteiger charge is -2.11. The van der Waals surface area contributed by atoms with Gasteiger partial charge in [-0.25, -0.2) is 9.13 Å². The van der Waals surface area contributed by atoms with Crippen LogP contribution >= 0.6 is 15.6 Å². The standard InChI is InChI=1S/C13H26O7P2/c1-4-5-7-12(2)8-6-9-13(3)10-11-19-22(17,18)20-21(14,15)16/h8,10H,4-7,9,11H2,1-3H3,(H,17,18)(H2,14,15,16)/b12-8+,13-10+. The third kappa shape index (κ3) is 13.4. The number of phosphoric acid groups is 2. The maximum Gasteiger partial charge on any atom is 0.481 e. The van der Waals surface area contributed by atoms with E-state index in [0.717, 1.165) is 24.8 Å². The van der Waals surface area contributed by atoms with Crippen molar-refractivity contribution in [1.82, 2.24) is 0 Å².